The molecule has 4 rings (SSSR count). The van der Waals surface area contributed by atoms with Crippen molar-refractivity contribution in [1.29, 1.82) is 0 Å². The van der Waals surface area contributed by atoms with Crippen LogP contribution in [0.2, 0.25) is 0 Å². The fourth-order valence-electron chi connectivity index (χ4n) is 3.47. The van der Waals surface area contributed by atoms with Gasteiger partial charge in [-0.25, -0.2) is 15.0 Å². The Morgan fingerprint density at radius 2 is 1.74 bits per heavy atom. The number of nitrogens with one attached hydrogen (secondary N) is 1. The van der Waals surface area contributed by atoms with Crippen LogP contribution in [0.5, 0.6) is 0 Å². The number of nitrogens with zero attached hydrogens (tertiary/aromatic N) is 6. The van der Waals surface area contributed by atoms with E-state index in [0.29, 0.717) is 17.9 Å². The van der Waals surface area contributed by atoms with E-state index in [1.54, 1.807) is 0 Å². The molecule has 2 aliphatic heterocycles. The number of ether oxygens (including phenoxy) is 1. The van der Waals surface area contributed by atoms with Crippen LogP contribution in [0.4, 0.5) is 17.6 Å². The number of hydrogen-bond donors (Lipinski definition) is 1. The summed E-state index contributed by atoms with van der Waals surface area (Å²) in [6.07, 6.45) is 4.71. The number of hydrogen-bond acceptors (Lipinski definition) is 8. The molecule has 1 N–H and O–H groups in total. The van der Waals surface area contributed by atoms with Crippen LogP contribution in [0, 0.1) is 0 Å². The highest BCUT2D eigenvalue weighted by molar-refractivity contribution is 5.45. The summed E-state index contributed by atoms with van der Waals surface area (Å²) in [6.45, 7) is 9.34. The van der Waals surface area contributed by atoms with Crippen LogP contribution in [0.3, 0.4) is 0 Å². The van der Waals surface area contributed by atoms with Crippen molar-refractivity contribution in [3.05, 3.63) is 30.4 Å². The van der Waals surface area contributed by atoms with E-state index in [9.17, 15) is 0 Å². The first kappa shape index (κ1) is 17.9. The van der Waals surface area contributed by atoms with Gasteiger partial charge in [0, 0.05) is 50.5 Å². The molecule has 8 heteroatoms. The lowest BCUT2D eigenvalue weighted by molar-refractivity contribution is 0.122. The molecule has 1 unspecified atom stereocenters. The first-order chi connectivity index (χ1) is 13.2. The molecule has 1 atom stereocenters. The molecule has 0 saturated carbocycles. The lowest BCUT2D eigenvalue weighted by Crippen LogP contribution is -2.37. The molecule has 0 aliphatic carbocycles. The predicted molar refractivity (Wildman–Crippen MR) is 105 cm³/mol. The largest absolute Gasteiger partial charge is 0.378 e. The Kier molecular flexibility index (Phi) is 5.33. The third kappa shape index (κ3) is 4.27. The van der Waals surface area contributed by atoms with Gasteiger partial charge in [-0.2, -0.15) is 4.98 Å². The summed E-state index contributed by atoms with van der Waals surface area (Å²) in [5.74, 6) is 3.88. The molecule has 0 radical (unpaired) electrons. The zero-order valence-electron chi connectivity index (χ0n) is 16.0. The summed E-state index contributed by atoms with van der Waals surface area (Å²) in [5.41, 5.74) is 0. The second-order valence-electron chi connectivity index (χ2n) is 7.34. The van der Waals surface area contributed by atoms with Crippen LogP contribution >= 0.6 is 0 Å². The van der Waals surface area contributed by atoms with Crippen molar-refractivity contribution >= 4 is 17.6 Å². The van der Waals surface area contributed by atoms with Gasteiger partial charge in [0.1, 0.15) is 17.5 Å². The highest BCUT2D eigenvalue weighted by Crippen LogP contribution is 2.22. The highest BCUT2D eigenvalue weighted by atomic mass is 16.5. The summed E-state index contributed by atoms with van der Waals surface area (Å²) in [6, 6.07) is 4.26. The first-order valence-corrected chi connectivity index (χ1v) is 9.69. The first-order valence-electron chi connectivity index (χ1n) is 9.69. The molecule has 8 nitrogen and oxygen atoms in total. The van der Waals surface area contributed by atoms with E-state index < -0.39 is 0 Å². The Hall–Kier alpha value is -2.48. The minimum atomic E-state index is 0.308. The molecule has 2 aliphatic rings. The summed E-state index contributed by atoms with van der Waals surface area (Å²) < 4.78 is 5.42. The van der Waals surface area contributed by atoms with Gasteiger partial charge in [0.15, 0.2) is 0 Å². The molecule has 0 aromatic carbocycles. The topological polar surface area (TPSA) is 79.3 Å². The van der Waals surface area contributed by atoms with Gasteiger partial charge in [-0.3, -0.25) is 0 Å². The maximum atomic E-state index is 5.42. The fraction of sp³-hybridized carbons (Fsp3) is 0.579. The number of rotatable bonds is 5. The van der Waals surface area contributed by atoms with Gasteiger partial charge in [0.2, 0.25) is 5.95 Å². The van der Waals surface area contributed by atoms with E-state index in [4.69, 9.17) is 14.7 Å². The van der Waals surface area contributed by atoms with Gasteiger partial charge >= 0.3 is 0 Å². The average Bonchev–Trinajstić information content (AvgIpc) is 3.17. The van der Waals surface area contributed by atoms with Gasteiger partial charge in [-0.15, -0.1) is 0 Å². The van der Waals surface area contributed by atoms with E-state index in [1.165, 1.54) is 0 Å². The molecule has 144 valence electrons. The van der Waals surface area contributed by atoms with E-state index in [1.807, 2.05) is 24.5 Å². The van der Waals surface area contributed by atoms with Crippen LogP contribution in [0.25, 0.3) is 0 Å². The molecule has 2 saturated heterocycles. The average molecular weight is 369 g/mol. The second-order valence-corrected chi connectivity index (χ2v) is 7.34. The van der Waals surface area contributed by atoms with Gasteiger partial charge in [0.05, 0.1) is 13.2 Å². The summed E-state index contributed by atoms with van der Waals surface area (Å²) >= 11 is 0. The third-order valence-corrected chi connectivity index (χ3v) is 5.00. The molecular weight excluding hydrogens is 342 g/mol. The Bertz CT molecular complexity index is 763. The van der Waals surface area contributed by atoms with Gasteiger partial charge < -0.3 is 19.9 Å². The normalized spacial score (nSPS) is 20.3. The lowest BCUT2D eigenvalue weighted by Gasteiger charge is -2.28. The molecule has 0 bridgehead atoms. The molecule has 2 fully saturated rings. The van der Waals surface area contributed by atoms with Gasteiger partial charge in [0.25, 0.3) is 0 Å². The molecule has 0 spiro atoms. The van der Waals surface area contributed by atoms with E-state index >= 15 is 0 Å². The van der Waals surface area contributed by atoms with Crippen molar-refractivity contribution in [1.82, 2.24) is 19.9 Å². The predicted octanol–water partition coefficient (Wildman–Crippen LogP) is 1.92. The summed E-state index contributed by atoms with van der Waals surface area (Å²) in [4.78, 5) is 22.7. The van der Waals surface area contributed by atoms with Crippen LogP contribution in [0.1, 0.15) is 32.0 Å². The number of aromatic nitrogens is 4. The summed E-state index contributed by atoms with van der Waals surface area (Å²) in [5, 5.41) is 3.49. The van der Waals surface area contributed by atoms with Crippen molar-refractivity contribution in [2.45, 2.75) is 32.2 Å². The number of morpholine rings is 1. The lowest BCUT2D eigenvalue weighted by atomic mass is 10.2. The second kappa shape index (κ2) is 8.04. The van der Waals surface area contributed by atoms with Crippen molar-refractivity contribution in [2.75, 3.05) is 54.5 Å². The zero-order valence-corrected chi connectivity index (χ0v) is 16.0. The molecule has 4 heterocycles. The van der Waals surface area contributed by atoms with E-state index in [0.717, 1.165) is 63.3 Å². The minimum Gasteiger partial charge on any atom is -0.378 e. The molecule has 0 amide bonds. The quantitative estimate of drug-likeness (QED) is 0.856. The Morgan fingerprint density at radius 3 is 2.52 bits per heavy atom. The summed E-state index contributed by atoms with van der Waals surface area (Å²) in [7, 11) is 0. The maximum absolute atomic E-state index is 5.42. The number of anilines is 3. The third-order valence-electron chi connectivity index (χ3n) is 5.00. The maximum Gasteiger partial charge on any atom is 0.224 e. The SMILES string of the molecule is CC(C)c1nccc(N2CCC(Nc3nccc(N4CCOCC4)n3)C2)n1. The zero-order chi connectivity index (χ0) is 18.6. The fourth-order valence-corrected chi connectivity index (χ4v) is 3.47. The smallest absolute Gasteiger partial charge is 0.224 e. The van der Waals surface area contributed by atoms with Crippen molar-refractivity contribution in [3.63, 3.8) is 0 Å². The van der Waals surface area contributed by atoms with Crippen LogP contribution < -0.4 is 15.1 Å². The molecule has 2 aromatic rings. The van der Waals surface area contributed by atoms with Crippen molar-refractivity contribution in [2.24, 2.45) is 0 Å². The Morgan fingerprint density at radius 1 is 1.00 bits per heavy atom. The van der Waals surface area contributed by atoms with Crippen LogP contribution in [-0.2, 0) is 4.74 Å². The molecule has 27 heavy (non-hydrogen) atoms. The van der Waals surface area contributed by atoms with Crippen molar-refractivity contribution in [3.8, 4) is 0 Å². The monoisotopic (exact) mass is 369 g/mol. The van der Waals surface area contributed by atoms with Gasteiger partial charge in [-0.1, -0.05) is 13.8 Å². The molecular formula is C19H27N7O. The Labute approximate surface area is 160 Å². The molecule has 2 aromatic heterocycles. The van der Waals surface area contributed by atoms with E-state index in [-0.39, 0.29) is 0 Å². The highest BCUT2D eigenvalue weighted by Gasteiger charge is 2.25. The van der Waals surface area contributed by atoms with Crippen LogP contribution in [0.15, 0.2) is 24.5 Å². The standard InChI is InChI=1S/C19H27N7O/c1-14(2)18-20-6-3-16(23-18)26-8-5-15(13-26)22-19-21-7-4-17(24-19)25-9-11-27-12-10-25/h3-4,6-7,14-15H,5,8-13H2,1-2H3,(H,21,22,24). The minimum absolute atomic E-state index is 0.308. The van der Waals surface area contributed by atoms with Crippen LogP contribution in [-0.4, -0.2) is 65.4 Å². The van der Waals surface area contributed by atoms with E-state index in [2.05, 4.69) is 38.9 Å². The van der Waals surface area contributed by atoms with Crippen molar-refractivity contribution < 1.29 is 4.74 Å². The Balaban J connectivity index is 1.39. The van der Waals surface area contributed by atoms with Gasteiger partial charge in [-0.05, 0) is 18.6 Å².